The lowest BCUT2D eigenvalue weighted by molar-refractivity contribution is 0.193. The van der Waals surface area contributed by atoms with E-state index < -0.39 is 17.7 Å². The second-order valence-corrected chi connectivity index (χ2v) is 7.57. The number of aliphatic hydroxyl groups excluding tert-OH is 1. The summed E-state index contributed by atoms with van der Waals surface area (Å²) in [6.45, 7) is 0.505. The van der Waals surface area contributed by atoms with Crippen LogP contribution in [-0.4, -0.2) is 30.6 Å². The Morgan fingerprint density at radius 1 is 0.933 bits per heavy atom. The molecule has 1 atom stereocenters. The molecule has 0 aliphatic rings. The maximum atomic E-state index is 14.0. The van der Waals surface area contributed by atoms with Gasteiger partial charge >= 0.3 is 0 Å². The van der Waals surface area contributed by atoms with E-state index in [0.29, 0.717) is 17.5 Å². The molecule has 0 amide bonds. The quantitative estimate of drug-likeness (QED) is 0.443. The Morgan fingerprint density at radius 2 is 1.70 bits per heavy atom. The number of hydrogen-bond acceptors (Lipinski definition) is 5. The lowest BCUT2D eigenvalue weighted by Crippen LogP contribution is -2.09. The lowest BCUT2D eigenvalue weighted by Gasteiger charge is -2.14. The fourth-order valence-corrected chi connectivity index (χ4v) is 3.96. The van der Waals surface area contributed by atoms with E-state index in [1.54, 1.807) is 12.4 Å². The molecular weight excluding hydrogens is 406 g/mol. The number of thioether (sulfide) groups is 1. The van der Waals surface area contributed by atoms with Crippen molar-refractivity contribution in [3.8, 4) is 11.4 Å². The van der Waals surface area contributed by atoms with Crippen LogP contribution in [0.2, 0.25) is 0 Å². The summed E-state index contributed by atoms with van der Waals surface area (Å²) < 4.78 is 29.8. The van der Waals surface area contributed by atoms with Gasteiger partial charge in [-0.15, -0.1) is 10.2 Å². The Labute approximate surface area is 176 Å². The fraction of sp³-hybridized carbons (Fsp3) is 0.136. The molecule has 0 saturated heterocycles. The highest BCUT2D eigenvalue weighted by Gasteiger charge is 2.21. The summed E-state index contributed by atoms with van der Waals surface area (Å²) in [5, 5.41) is 19.5. The number of rotatable bonds is 7. The zero-order valence-corrected chi connectivity index (χ0v) is 16.6. The van der Waals surface area contributed by atoms with Crippen molar-refractivity contribution in [1.29, 1.82) is 0 Å². The van der Waals surface area contributed by atoms with Crippen molar-refractivity contribution in [2.45, 2.75) is 17.8 Å². The molecule has 30 heavy (non-hydrogen) atoms. The van der Waals surface area contributed by atoms with Gasteiger partial charge in [0.15, 0.2) is 11.0 Å². The number of halogens is 2. The average molecular weight is 424 g/mol. The summed E-state index contributed by atoms with van der Waals surface area (Å²) in [7, 11) is 0. The van der Waals surface area contributed by atoms with Gasteiger partial charge in [0.2, 0.25) is 0 Å². The molecule has 2 heterocycles. The minimum Gasteiger partial charge on any atom is -0.387 e. The van der Waals surface area contributed by atoms with E-state index in [-0.39, 0.29) is 11.3 Å². The number of pyridine rings is 1. The van der Waals surface area contributed by atoms with Crippen molar-refractivity contribution in [2.75, 3.05) is 5.75 Å². The molecule has 1 N–H and O–H groups in total. The molecule has 0 radical (unpaired) electrons. The highest BCUT2D eigenvalue weighted by molar-refractivity contribution is 7.99. The largest absolute Gasteiger partial charge is 0.387 e. The molecule has 152 valence electrons. The predicted octanol–water partition coefficient (Wildman–Crippen LogP) is 4.49. The first kappa shape index (κ1) is 20.2. The van der Waals surface area contributed by atoms with Crippen molar-refractivity contribution >= 4 is 11.8 Å². The summed E-state index contributed by atoms with van der Waals surface area (Å²) in [4.78, 5) is 4.14. The summed E-state index contributed by atoms with van der Waals surface area (Å²) >= 11 is 1.19. The summed E-state index contributed by atoms with van der Waals surface area (Å²) in [5.41, 5.74) is 1.50. The third-order valence-electron chi connectivity index (χ3n) is 4.52. The van der Waals surface area contributed by atoms with E-state index in [2.05, 4.69) is 15.2 Å². The molecule has 2 aromatic heterocycles. The van der Waals surface area contributed by atoms with Crippen LogP contribution in [0.25, 0.3) is 11.4 Å². The summed E-state index contributed by atoms with van der Waals surface area (Å²) in [6, 6.07) is 17.0. The monoisotopic (exact) mass is 424 g/mol. The Morgan fingerprint density at radius 3 is 2.40 bits per heavy atom. The lowest BCUT2D eigenvalue weighted by atomic mass is 10.1. The molecule has 4 aromatic rings. The van der Waals surface area contributed by atoms with Gasteiger partial charge < -0.3 is 5.11 Å². The summed E-state index contributed by atoms with van der Waals surface area (Å²) in [5.74, 6) is -0.895. The highest BCUT2D eigenvalue weighted by Crippen LogP contribution is 2.29. The first-order chi connectivity index (χ1) is 14.6. The second-order valence-electron chi connectivity index (χ2n) is 6.58. The van der Waals surface area contributed by atoms with E-state index in [4.69, 9.17) is 0 Å². The van der Waals surface area contributed by atoms with Crippen molar-refractivity contribution < 1.29 is 13.9 Å². The van der Waals surface area contributed by atoms with Crippen LogP contribution in [0.15, 0.2) is 78.2 Å². The van der Waals surface area contributed by atoms with E-state index in [0.717, 1.165) is 23.3 Å². The molecule has 0 saturated carbocycles. The Bertz CT molecular complexity index is 1100. The van der Waals surface area contributed by atoms with Crippen LogP contribution in [0.4, 0.5) is 8.78 Å². The molecule has 0 bridgehead atoms. The maximum Gasteiger partial charge on any atom is 0.191 e. The SMILES string of the molecule is OC(CSc1nnc(-c2cccnc2)n1Cc1ccccc1)c1c(F)cccc1F. The van der Waals surface area contributed by atoms with Crippen LogP contribution in [-0.2, 0) is 6.54 Å². The number of aromatic nitrogens is 4. The number of aliphatic hydroxyl groups is 1. The molecule has 2 aromatic carbocycles. The zero-order chi connectivity index (χ0) is 20.9. The maximum absolute atomic E-state index is 14.0. The van der Waals surface area contributed by atoms with Gasteiger partial charge in [-0.2, -0.15) is 0 Å². The minimum absolute atomic E-state index is 0.0256. The normalized spacial score (nSPS) is 12.1. The Hall–Kier alpha value is -3.10. The van der Waals surface area contributed by atoms with E-state index in [1.807, 2.05) is 47.0 Å². The first-order valence-corrected chi connectivity index (χ1v) is 10.2. The van der Waals surface area contributed by atoms with Crippen LogP contribution >= 0.6 is 11.8 Å². The molecule has 0 spiro atoms. The van der Waals surface area contributed by atoms with Crippen LogP contribution in [0, 0.1) is 11.6 Å². The molecule has 1 unspecified atom stereocenters. The van der Waals surface area contributed by atoms with Gasteiger partial charge in [0.25, 0.3) is 0 Å². The Kier molecular flexibility index (Phi) is 6.15. The van der Waals surface area contributed by atoms with Gasteiger partial charge in [-0.25, -0.2) is 8.78 Å². The van der Waals surface area contributed by atoms with Gasteiger partial charge in [0.1, 0.15) is 11.6 Å². The number of nitrogens with zero attached hydrogens (tertiary/aromatic N) is 4. The average Bonchev–Trinajstić information content (AvgIpc) is 3.16. The molecule has 5 nitrogen and oxygen atoms in total. The van der Waals surface area contributed by atoms with Crippen LogP contribution in [0.5, 0.6) is 0 Å². The van der Waals surface area contributed by atoms with Crippen LogP contribution in [0.1, 0.15) is 17.2 Å². The molecule has 0 fully saturated rings. The smallest absolute Gasteiger partial charge is 0.191 e. The predicted molar refractivity (Wildman–Crippen MR) is 111 cm³/mol. The minimum atomic E-state index is -1.32. The van der Waals surface area contributed by atoms with Crippen molar-refractivity contribution in [3.63, 3.8) is 0 Å². The zero-order valence-electron chi connectivity index (χ0n) is 15.8. The van der Waals surface area contributed by atoms with E-state index in [9.17, 15) is 13.9 Å². The molecular formula is C22H18F2N4OS. The Balaban J connectivity index is 1.62. The number of benzene rings is 2. The molecule has 4 rings (SSSR count). The summed E-state index contributed by atoms with van der Waals surface area (Å²) in [6.07, 6.45) is 2.06. The molecule has 8 heteroatoms. The van der Waals surface area contributed by atoms with Crippen LogP contribution < -0.4 is 0 Å². The third-order valence-corrected chi connectivity index (χ3v) is 5.57. The van der Waals surface area contributed by atoms with Gasteiger partial charge in [-0.05, 0) is 29.8 Å². The topological polar surface area (TPSA) is 63.8 Å². The standard InChI is InChI=1S/C22H18F2N4OS/c23-17-9-4-10-18(24)20(17)19(29)14-30-22-27-26-21(16-8-5-11-25-12-16)28(22)13-15-6-2-1-3-7-15/h1-12,19,29H,13-14H2. The highest BCUT2D eigenvalue weighted by atomic mass is 32.2. The van der Waals surface area contributed by atoms with Crippen molar-refractivity contribution in [2.24, 2.45) is 0 Å². The van der Waals surface area contributed by atoms with Crippen molar-refractivity contribution in [3.05, 3.63) is 95.8 Å². The molecule has 0 aliphatic carbocycles. The second kappa shape index (κ2) is 9.15. The first-order valence-electron chi connectivity index (χ1n) is 9.26. The van der Waals surface area contributed by atoms with Gasteiger partial charge in [-0.1, -0.05) is 48.2 Å². The fourth-order valence-electron chi connectivity index (χ4n) is 3.08. The van der Waals surface area contributed by atoms with E-state index in [1.165, 1.54) is 17.8 Å². The van der Waals surface area contributed by atoms with Gasteiger partial charge in [-0.3, -0.25) is 9.55 Å². The third kappa shape index (κ3) is 4.39. The van der Waals surface area contributed by atoms with E-state index >= 15 is 0 Å². The number of hydrogen-bond donors (Lipinski definition) is 1. The molecule has 0 aliphatic heterocycles. The van der Waals surface area contributed by atoms with Gasteiger partial charge in [0.05, 0.1) is 18.2 Å². The van der Waals surface area contributed by atoms with Crippen LogP contribution in [0.3, 0.4) is 0 Å². The van der Waals surface area contributed by atoms with Gasteiger partial charge in [0, 0.05) is 23.7 Å². The van der Waals surface area contributed by atoms with Crippen molar-refractivity contribution in [1.82, 2.24) is 19.7 Å².